The lowest BCUT2D eigenvalue weighted by Crippen LogP contribution is -1.96. The molecule has 0 aromatic heterocycles. The van der Waals surface area contributed by atoms with Gasteiger partial charge in [-0.2, -0.15) is 0 Å². The Labute approximate surface area is 76.6 Å². The van der Waals surface area contributed by atoms with Crippen molar-refractivity contribution in [3.63, 3.8) is 0 Å². The van der Waals surface area contributed by atoms with Gasteiger partial charge in [0.1, 0.15) is 6.29 Å². The molecule has 1 aromatic carbocycles. The molecule has 70 valence electrons. The first-order valence-corrected chi connectivity index (χ1v) is 4.10. The van der Waals surface area contributed by atoms with Crippen LogP contribution in [0.25, 0.3) is 0 Å². The van der Waals surface area contributed by atoms with E-state index in [1.54, 1.807) is 18.2 Å². The summed E-state index contributed by atoms with van der Waals surface area (Å²) < 4.78 is 0. The van der Waals surface area contributed by atoms with Crippen molar-refractivity contribution in [2.24, 2.45) is 0 Å². The third-order valence-electron chi connectivity index (χ3n) is 1.91. The second kappa shape index (κ2) is 4.74. The van der Waals surface area contributed by atoms with E-state index in [0.29, 0.717) is 23.8 Å². The summed E-state index contributed by atoms with van der Waals surface area (Å²) in [6.45, 7) is -0.0652. The quantitative estimate of drug-likeness (QED) is 0.664. The number of rotatable bonds is 4. The molecule has 0 bridgehead atoms. The molecule has 0 radical (unpaired) electrons. The second-order valence-corrected chi connectivity index (χ2v) is 2.78. The first-order valence-electron chi connectivity index (χ1n) is 4.10. The van der Waals surface area contributed by atoms with E-state index in [9.17, 15) is 4.79 Å². The maximum absolute atomic E-state index is 10.6. The minimum Gasteiger partial charge on any atom is -0.396 e. The molecular formula is C10H12O3. The van der Waals surface area contributed by atoms with Crippen molar-refractivity contribution in [3.05, 3.63) is 34.9 Å². The van der Waals surface area contributed by atoms with Gasteiger partial charge in [0.05, 0.1) is 6.61 Å². The molecule has 3 heteroatoms. The average Bonchev–Trinajstić information content (AvgIpc) is 2.18. The monoisotopic (exact) mass is 180 g/mol. The number of aldehydes is 1. The Morgan fingerprint density at radius 3 is 2.62 bits per heavy atom. The molecule has 0 unspecified atom stereocenters. The number of carbonyl (C=O) groups excluding carboxylic acids is 1. The molecule has 1 rings (SSSR count). The normalized spacial score (nSPS) is 10.0. The summed E-state index contributed by atoms with van der Waals surface area (Å²) in [7, 11) is 0. The van der Waals surface area contributed by atoms with Crippen LogP contribution in [0.2, 0.25) is 0 Å². The van der Waals surface area contributed by atoms with E-state index in [4.69, 9.17) is 10.2 Å². The van der Waals surface area contributed by atoms with E-state index in [-0.39, 0.29) is 13.2 Å². The first-order chi connectivity index (χ1) is 6.31. The van der Waals surface area contributed by atoms with Gasteiger partial charge >= 0.3 is 0 Å². The van der Waals surface area contributed by atoms with Crippen LogP contribution in [0.5, 0.6) is 0 Å². The van der Waals surface area contributed by atoms with E-state index in [1.807, 2.05) is 0 Å². The Morgan fingerprint density at radius 2 is 2.08 bits per heavy atom. The van der Waals surface area contributed by atoms with Crippen LogP contribution >= 0.6 is 0 Å². The zero-order chi connectivity index (χ0) is 9.68. The maximum Gasteiger partial charge on any atom is 0.150 e. The highest BCUT2D eigenvalue weighted by Crippen LogP contribution is 2.10. The molecule has 2 N–H and O–H groups in total. The smallest absolute Gasteiger partial charge is 0.150 e. The minimum atomic E-state index is -0.131. The van der Waals surface area contributed by atoms with E-state index in [0.717, 1.165) is 5.56 Å². The number of hydrogen-bond acceptors (Lipinski definition) is 3. The summed E-state index contributed by atoms with van der Waals surface area (Å²) in [5.41, 5.74) is 2.02. The van der Waals surface area contributed by atoms with Crippen LogP contribution in [0.3, 0.4) is 0 Å². The molecule has 0 saturated heterocycles. The fraction of sp³-hybridized carbons (Fsp3) is 0.300. The molecule has 0 amide bonds. The lowest BCUT2D eigenvalue weighted by atomic mass is 10.0. The summed E-state index contributed by atoms with van der Waals surface area (Å²) in [6.07, 6.45) is 1.25. The minimum absolute atomic E-state index is 0.0662. The first kappa shape index (κ1) is 9.89. The third kappa shape index (κ3) is 2.37. The van der Waals surface area contributed by atoms with Crippen LogP contribution in [0, 0.1) is 0 Å². The highest BCUT2D eigenvalue weighted by molar-refractivity contribution is 5.77. The summed E-state index contributed by atoms with van der Waals surface area (Å²) >= 11 is 0. The third-order valence-corrected chi connectivity index (χ3v) is 1.91. The van der Waals surface area contributed by atoms with Gasteiger partial charge in [0.25, 0.3) is 0 Å². The fourth-order valence-corrected chi connectivity index (χ4v) is 1.18. The van der Waals surface area contributed by atoms with E-state index in [2.05, 4.69) is 0 Å². The van der Waals surface area contributed by atoms with Crippen LogP contribution < -0.4 is 0 Å². The van der Waals surface area contributed by atoms with Crippen molar-refractivity contribution in [3.8, 4) is 0 Å². The number of aliphatic hydroxyl groups is 2. The predicted molar refractivity (Wildman–Crippen MR) is 48.5 cm³/mol. The van der Waals surface area contributed by atoms with Gasteiger partial charge in [-0.3, -0.25) is 4.79 Å². The van der Waals surface area contributed by atoms with Gasteiger partial charge in [0.2, 0.25) is 0 Å². The number of benzene rings is 1. The molecule has 1 aromatic rings. The van der Waals surface area contributed by atoms with Crippen LogP contribution in [0.1, 0.15) is 21.5 Å². The lowest BCUT2D eigenvalue weighted by molar-refractivity contribution is 0.112. The van der Waals surface area contributed by atoms with Crippen LogP contribution in [-0.2, 0) is 13.0 Å². The van der Waals surface area contributed by atoms with Gasteiger partial charge in [-0.25, -0.2) is 0 Å². The largest absolute Gasteiger partial charge is 0.396 e. The SMILES string of the molecule is O=Cc1cc(CCO)ccc1CO. The maximum atomic E-state index is 10.6. The number of hydrogen-bond donors (Lipinski definition) is 2. The Hall–Kier alpha value is -1.19. The number of carbonyl (C=O) groups is 1. The Morgan fingerprint density at radius 1 is 1.31 bits per heavy atom. The molecule has 0 fully saturated rings. The van der Waals surface area contributed by atoms with Crippen molar-refractivity contribution in [1.29, 1.82) is 0 Å². The highest BCUT2D eigenvalue weighted by atomic mass is 16.3. The molecule has 0 aliphatic carbocycles. The molecule has 0 saturated carbocycles. The lowest BCUT2D eigenvalue weighted by Gasteiger charge is -2.03. The zero-order valence-electron chi connectivity index (χ0n) is 7.23. The van der Waals surface area contributed by atoms with E-state index in [1.165, 1.54) is 0 Å². The average molecular weight is 180 g/mol. The highest BCUT2D eigenvalue weighted by Gasteiger charge is 2.01. The summed E-state index contributed by atoms with van der Waals surface area (Å²) in [5.74, 6) is 0. The van der Waals surface area contributed by atoms with Crippen molar-refractivity contribution in [1.82, 2.24) is 0 Å². The van der Waals surface area contributed by atoms with Gasteiger partial charge < -0.3 is 10.2 Å². The summed E-state index contributed by atoms with van der Waals surface area (Å²) in [5, 5.41) is 17.5. The molecule has 13 heavy (non-hydrogen) atoms. The topological polar surface area (TPSA) is 57.5 Å². The van der Waals surface area contributed by atoms with E-state index < -0.39 is 0 Å². The Kier molecular flexibility index (Phi) is 3.61. The van der Waals surface area contributed by atoms with Crippen molar-refractivity contribution in [2.75, 3.05) is 6.61 Å². The summed E-state index contributed by atoms with van der Waals surface area (Å²) in [4.78, 5) is 10.6. The Balaban J connectivity index is 2.98. The second-order valence-electron chi connectivity index (χ2n) is 2.78. The van der Waals surface area contributed by atoms with E-state index >= 15 is 0 Å². The summed E-state index contributed by atoms with van der Waals surface area (Å²) in [6, 6.07) is 5.19. The standard InChI is InChI=1S/C10H12O3/c11-4-3-8-1-2-9(6-12)10(5-8)7-13/h1-2,5,7,11-12H,3-4,6H2. The molecule has 3 nitrogen and oxygen atoms in total. The van der Waals surface area contributed by atoms with Crippen molar-refractivity contribution < 1.29 is 15.0 Å². The van der Waals surface area contributed by atoms with Crippen molar-refractivity contribution >= 4 is 6.29 Å². The molecule has 0 atom stereocenters. The van der Waals surface area contributed by atoms with Gasteiger partial charge in [0.15, 0.2) is 0 Å². The van der Waals surface area contributed by atoms with Crippen LogP contribution in [0.4, 0.5) is 0 Å². The fourth-order valence-electron chi connectivity index (χ4n) is 1.18. The van der Waals surface area contributed by atoms with Gasteiger partial charge in [-0.15, -0.1) is 0 Å². The van der Waals surface area contributed by atoms with Crippen LogP contribution in [-0.4, -0.2) is 23.1 Å². The molecule has 0 aliphatic rings. The molecule has 0 aliphatic heterocycles. The Bertz CT molecular complexity index is 294. The molecule has 0 heterocycles. The van der Waals surface area contributed by atoms with Crippen LogP contribution in [0.15, 0.2) is 18.2 Å². The predicted octanol–water partition coefficient (Wildman–Crippen LogP) is 0.526. The van der Waals surface area contributed by atoms with Crippen molar-refractivity contribution in [2.45, 2.75) is 13.0 Å². The molecule has 0 spiro atoms. The number of aliphatic hydroxyl groups excluding tert-OH is 2. The molecular weight excluding hydrogens is 168 g/mol. The zero-order valence-corrected chi connectivity index (χ0v) is 7.23. The van der Waals surface area contributed by atoms with Gasteiger partial charge in [-0.1, -0.05) is 12.1 Å². The van der Waals surface area contributed by atoms with Gasteiger partial charge in [0, 0.05) is 12.2 Å². The van der Waals surface area contributed by atoms with Gasteiger partial charge in [-0.05, 0) is 23.6 Å².